The van der Waals surface area contributed by atoms with Gasteiger partial charge in [-0.25, -0.2) is 4.98 Å². The van der Waals surface area contributed by atoms with Gasteiger partial charge in [0.25, 0.3) is 0 Å². The topological polar surface area (TPSA) is 222 Å². The van der Waals surface area contributed by atoms with E-state index in [1.807, 2.05) is 0 Å². The summed E-state index contributed by atoms with van der Waals surface area (Å²) >= 11 is 3.89. The first-order chi connectivity index (χ1) is 14.0. The maximum Gasteiger partial charge on any atom is 0.325 e. The van der Waals surface area contributed by atoms with E-state index in [9.17, 15) is 24.0 Å². The molecule has 4 atom stereocenters. The molecule has 0 aliphatic rings. The highest BCUT2D eigenvalue weighted by Gasteiger charge is 2.30. The number of nitrogens with two attached hydrogens (primary N) is 2. The van der Waals surface area contributed by atoms with Crippen LogP contribution in [0.15, 0.2) is 12.5 Å². The monoisotopic (exact) mass is 443 g/mol. The number of carboxylic acids is 1. The third kappa shape index (κ3) is 8.08. The van der Waals surface area contributed by atoms with E-state index < -0.39 is 60.2 Å². The lowest BCUT2D eigenvalue weighted by Gasteiger charge is -2.23. The number of hydrogen-bond donors (Lipinski definition) is 8. The number of hydrogen-bond acceptors (Lipinski definition) is 8. The molecule has 30 heavy (non-hydrogen) atoms. The summed E-state index contributed by atoms with van der Waals surface area (Å²) < 4.78 is 0. The number of carbonyl (C=O) groups is 5. The molecule has 0 spiro atoms. The number of thiol groups is 1. The summed E-state index contributed by atoms with van der Waals surface area (Å²) in [5.41, 5.74) is 11.2. The Morgan fingerprint density at radius 1 is 1.13 bits per heavy atom. The highest BCUT2D eigenvalue weighted by molar-refractivity contribution is 7.80. The summed E-state index contributed by atoms with van der Waals surface area (Å²) in [6, 6.07) is -4.87. The molecule has 0 bridgehead atoms. The molecule has 4 amide bonds. The van der Waals surface area contributed by atoms with Gasteiger partial charge in [0.05, 0.1) is 18.8 Å². The number of carbonyl (C=O) groups excluding carboxylic acids is 4. The van der Waals surface area contributed by atoms with Crippen molar-refractivity contribution in [2.24, 2.45) is 11.5 Å². The summed E-state index contributed by atoms with van der Waals surface area (Å²) in [5.74, 6) is -4.55. The molecule has 1 aromatic rings. The lowest BCUT2D eigenvalue weighted by atomic mass is 10.1. The van der Waals surface area contributed by atoms with Crippen molar-refractivity contribution in [3.63, 3.8) is 0 Å². The number of amides is 4. The second-order valence-electron chi connectivity index (χ2n) is 6.43. The molecule has 0 aliphatic heterocycles. The molecule has 0 aliphatic carbocycles. The van der Waals surface area contributed by atoms with Crippen LogP contribution in [0.25, 0.3) is 0 Å². The largest absolute Gasteiger partial charge is 0.480 e. The number of nitrogens with one attached hydrogen (secondary N) is 4. The fourth-order valence-corrected chi connectivity index (χ4v) is 2.41. The minimum absolute atomic E-state index is 0.00528. The van der Waals surface area contributed by atoms with Gasteiger partial charge in [-0.15, -0.1) is 0 Å². The molecule has 4 unspecified atom stereocenters. The molecule has 0 aromatic carbocycles. The Labute approximate surface area is 177 Å². The maximum absolute atomic E-state index is 12.7. The minimum Gasteiger partial charge on any atom is -0.480 e. The number of carboxylic acid groups (broad SMARTS) is 1. The molecule has 0 radical (unpaired) electrons. The van der Waals surface area contributed by atoms with E-state index in [1.54, 1.807) is 0 Å². The van der Waals surface area contributed by atoms with Gasteiger partial charge in [0.2, 0.25) is 23.6 Å². The summed E-state index contributed by atoms with van der Waals surface area (Å²) in [6.45, 7) is 1.25. The quantitative estimate of drug-likeness (QED) is 0.152. The van der Waals surface area contributed by atoms with Crippen LogP contribution in [-0.2, 0) is 30.4 Å². The smallest absolute Gasteiger partial charge is 0.325 e. The average molecular weight is 443 g/mol. The normalized spacial score (nSPS) is 14.6. The van der Waals surface area contributed by atoms with Gasteiger partial charge in [-0.3, -0.25) is 24.0 Å². The Kier molecular flexibility index (Phi) is 9.77. The van der Waals surface area contributed by atoms with Crippen LogP contribution in [0.2, 0.25) is 0 Å². The third-order valence-electron chi connectivity index (χ3n) is 3.91. The second-order valence-corrected chi connectivity index (χ2v) is 6.80. The van der Waals surface area contributed by atoms with Gasteiger partial charge < -0.3 is 37.5 Å². The Balaban J connectivity index is 2.99. The first kappa shape index (κ1) is 24.9. The van der Waals surface area contributed by atoms with E-state index in [0.717, 1.165) is 0 Å². The molecule has 13 nitrogen and oxygen atoms in total. The first-order valence-electron chi connectivity index (χ1n) is 8.81. The second kappa shape index (κ2) is 11.8. The van der Waals surface area contributed by atoms with Gasteiger partial charge in [0, 0.05) is 24.1 Å². The molecule has 14 heteroatoms. The van der Waals surface area contributed by atoms with Crippen LogP contribution in [0.3, 0.4) is 0 Å². The molecule has 1 heterocycles. The summed E-state index contributed by atoms with van der Waals surface area (Å²) in [4.78, 5) is 66.1. The molecule has 1 rings (SSSR count). The number of aromatic nitrogens is 2. The lowest BCUT2D eigenvalue weighted by Crippen LogP contribution is -2.58. The van der Waals surface area contributed by atoms with Crippen LogP contribution in [0.1, 0.15) is 19.0 Å². The third-order valence-corrected chi connectivity index (χ3v) is 4.31. The number of rotatable bonds is 12. The van der Waals surface area contributed by atoms with Crippen LogP contribution in [0.5, 0.6) is 0 Å². The molecule has 1 aromatic heterocycles. The zero-order valence-corrected chi connectivity index (χ0v) is 17.0. The highest BCUT2D eigenvalue weighted by Crippen LogP contribution is 2.02. The number of H-pyrrole nitrogens is 1. The van der Waals surface area contributed by atoms with Gasteiger partial charge in [-0.2, -0.15) is 12.6 Å². The predicted octanol–water partition coefficient (Wildman–Crippen LogP) is -3.36. The Bertz CT molecular complexity index is 772. The van der Waals surface area contributed by atoms with E-state index in [2.05, 4.69) is 38.5 Å². The van der Waals surface area contributed by atoms with Crippen LogP contribution < -0.4 is 27.4 Å². The average Bonchev–Trinajstić information content (AvgIpc) is 3.18. The molecule has 0 saturated heterocycles. The predicted molar refractivity (Wildman–Crippen MR) is 107 cm³/mol. The fourth-order valence-electron chi connectivity index (χ4n) is 2.25. The van der Waals surface area contributed by atoms with E-state index in [4.69, 9.17) is 16.6 Å². The zero-order valence-electron chi connectivity index (χ0n) is 16.1. The molecule has 9 N–H and O–H groups in total. The number of imidazole rings is 1. The Hall–Kier alpha value is -3.13. The molecular weight excluding hydrogens is 418 g/mol. The number of nitrogens with zero attached hydrogens (tertiary/aromatic N) is 1. The van der Waals surface area contributed by atoms with Gasteiger partial charge in [-0.05, 0) is 6.92 Å². The van der Waals surface area contributed by atoms with Crippen LogP contribution in [0.4, 0.5) is 0 Å². The SMILES string of the molecule is CC(NC(=O)C(Cc1cnc[nH]1)NC(=O)C(CC(N)=O)NC(=O)C(N)CS)C(=O)O. The Morgan fingerprint density at radius 3 is 2.23 bits per heavy atom. The van der Waals surface area contributed by atoms with E-state index in [-0.39, 0.29) is 12.2 Å². The summed E-state index contributed by atoms with van der Waals surface area (Å²) in [6.07, 6.45) is 2.18. The van der Waals surface area contributed by atoms with Crippen LogP contribution in [-0.4, -0.2) is 74.6 Å². The molecule has 0 saturated carbocycles. The molecule has 166 valence electrons. The maximum atomic E-state index is 12.7. The van der Waals surface area contributed by atoms with Crippen LogP contribution in [0, 0.1) is 0 Å². The standard InChI is InChI=1S/C16H25N7O6S/c1-7(16(28)29)21-14(26)10(2-8-4-19-6-20-8)23-15(27)11(3-12(18)24)22-13(25)9(17)5-30/h4,6-7,9-11,30H,2-3,5,17H2,1H3,(H2,18,24)(H,19,20)(H,21,26)(H,22,25)(H,23,27)(H,28,29). The summed E-state index contributed by atoms with van der Waals surface area (Å²) in [7, 11) is 0. The molecule has 0 fully saturated rings. The van der Waals surface area contributed by atoms with Crippen molar-refractivity contribution in [1.29, 1.82) is 0 Å². The van der Waals surface area contributed by atoms with E-state index in [0.29, 0.717) is 5.69 Å². The zero-order chi connectivity index (χ0) is 22.8. The van der Waals surface area contributed by atoms with Crippen molar-refractivity contribution in [2.45, 2.75) is 43.9 Å². The van der Waals surface area contributed by atoms with Crippen molar-refractivity contribution < 1.29 is 29.1 Å². The highest BCUT2D eigenvalue weighted by atomic mass is 32.1. The van der Waals surface area contributed by atoms with Crippen molar-refractivity contribution in [1.82, 2.24) is 25.9 Å². The van der Waals surface area contributed by atoms with E-state index >= 15 is 0 Å². The van der Waals surface area contributed by atoms with Crippen molar-refractivity contribution in [2.75, 3.05) is 5.75 Å². The fraction of sp³-hybridized carbons (Fsp3) is 0.500. The molecular formula is C16H25N7O6S. The minimum atomic E-state index is -1.39. The summed E-state index contributed by atoms with van der Waals surface area (Å²) in [5, 5.41) is 15.9. The lowest BCUT2D eigenvalue weighted by molar-refractivity contribution is -0.142. The van der Waals surface area contributed by atoms with Crippen molar-refractivity contribution in [3.05, 3.63) is 18.2 Å². The van der Waals surface area contributed by atoms with Gasteiger partial charge in [-0.1, -0.05) is 0 Å². The van der Waals surface area contributed by atoms with Crippen molar-refractivity contribution in [3.8, 4) is 0 Å². The van der Waals surface area contributed by atoms with Gasteiger partial charge in [0.1, 0.15) is 18.1 Å². The van der Waals surface area contributed by atoms with Gasteiger partial charge >= 0.3 is 5.97 Å². The first-order valence-corrected chi connectivity index (χ1v) is 9.44. The number of primary amides is 1. The Morgan fingerprint density at radius 2 is 1.73 bits per heavy atom. The number of aliphatic carboxylic acids is 1. The van der Waals surface area contributed by atoms with Gasteiger partial charge in [0.15, 0.2) is 0 Å². The number of aromatic amines is 1. The van der Waals surface area contributed by atoms with E-state index in [1.165, 1.54) is 19.4 Å². The van der Waals surface area contributed by atoms with Crippen molar-refractivity contribution >= 4 is 42.2 Å². The van der Waals surface area contributed by atoms with Crippen LogP contribution >= 0.6 is 12.6 Å².